The van der Waals surface area contributed by atoms with E-state index in [1.165, 1.54) is 11.3 Å². The predicted molar refractivity (Wildman–Crippen MR) is 110 cm³/mol. The number of amides is 2. The Hall–Kier alpha value is -2.51. The van der Waals surface area contributed by atoms with E-state index in [1.54, 1.807) is 30.1 Å². The zero-order chi connectivity index (χ0) is 19.4. The van der Waals surface area contributed by atoms with Gasteiger partial charge in [-0.25, -0.2) is 4.98 Å². The molecule has 7 heteroatoms. The second kappa shape index (κ2) is 8.45. The molecule has 0 radical (unpaired) electrons. The predicted octanol–water partition coefficient (Wildman–Crippen LogP) is 3.87. The number of nitrogens with zero attached hydrogens (tertiary/aromatic N) is 2. The molecule has 27 heavy (non-hydrogen) atoms. The Bertz CT molecular complexity index is 987. The van der Waals surface area contributed by atoms with Crippen molar-refractivity contribution < 1.29 is 9.59 Å². The van der Waals surface area contributed by atoms with E-state index in [0.29, 0.717) is 12.1 Å². The molecule has 2 amide bonds. The number of nitrogens with two attached hydrogens (primary N) is 1. The summed E-state index contributed by atoms with van der Waals surface area (Å²) in [7, 11) is 1.74. The average molecular weight is 444 g/mol. The topological polar surface area (TPSA) is 76.3 Å². The Labute approximate surface area is 170 Å². The first kappa shape index (κ1) is 19.3. The van der Waals surface area contributed by atoms with Crippen molar-refractivity contribution in [1.29, 1.82) is 0 Å². The van der Waals surface area contributed by atoms with E-state index in [1.807, 2.05) is 35.7 Å². The molecule has 2 aromatic carbocycles. The van der Waals surface area contributed by atoms with Crippen LogP contribution in [-0.2, 0) is 17.8 Å². The molecule has 0 bridgehead atoms. The van der Waals surface area contributed by atoms with Crippen LogP contribution in [0.2, 0.25) is 0 Å². The summed E-state index contributed by atoms with van der Waals surface area (Å²) < 4.78 is 0.991. The molecule has 0 aliphatic rings. The van der Waals surface area contributed by atoms with Crippen LogP contribution in [0.15, 0.2) is 58.4 Å². The number of halogens is 1. The summed E-state index contributed by atoms with van der Waals surface area (Å²) in [6, 6.07) is 14.9. The van der Waals surface area contributed by atoms with Gasteiger partial charge in [-0.15, -0.1) is 11.3 Å². The van der Waals surface area contributed by atoms with Crippen LogP contribution in [0.1, 0.15) is 21.6 Å². The Balaban J connectivity index is 1.65. The van der Waals surface area contributed by atoms with E-state index >= 15 is 0 Å². The van der Waals surface area contributed by atoms with Gasteiger partial charge in [0.1, 0.15) is 5.01 Å². The molecule has 0 saturated heterocycles. The highest BCUT2D eigenvalue weighted by molar-refractivity contribution is 9.10. The summed E-state index contributed by atoms with van der Waals surface area (Å²) in [5, 5.41) is 2.80. The number of likely N-dealkylation sites (N-methyl/N-ethyl adjacent to an activating group) is 1. The summed E-state index contributed by atoms with van der Waals surface area (Å²) in [6.45, 7) is 0.405. The molecule has 2 N–H and O–H groups in total. The fourth-order valence-electron chi connectivity index (χ4n) is 2.62. The van der Waals surface area contributed by atoms with Crippen LogP contribution >= 0.6 is 27.3 Å². The molecule has 3 aromatic rings. The van der Waals surface area contributed by atoms with Crippen molar-refractivity contribution in [3.63, 3.8) is 0 Å². The molecule has 0 aliphatic carbocycles. The van der Waals surface area contributed by atoms with E-state index in [9.17, 15) is 9.59 Å². The molecule has 0 saturated carbocycles. The van der Waals surface area contributed by atoms with Gasteiger partial charge in [0, 0.05) is 34.6 Å². The normalized spacial score (nSPS) is 10.6. The van der Waals surface area contributed by atoms with E-state index in [0.717, 1.165) is 26.3 Å². The molecular weight excluding hydrogens is 426 g/mol. The van der Waals surface area contributed by atoms with Gasteiger partial charge in [0.2, 0.25) is 11.8 Å². The second-order valence-corrected chi connectivity index (χ2v) is 7.92. The van der Waals surface area contributed by atoms with Crippen LogP contribution in [0.3, 0.4) is 0 Å². The van der Waals surface area contributed by atoms with Crippen LogP contribution in [0, 0.1) is 0 Å². The van der Waals surface area contributed by atoms with E-state index in [4.69, 9.17) is 5.73 Å². The highest BCUT2D eigenvalue weighted by atomic mass is 79.9. The Morgan fingerprint density at radius 3 is 2.70 bits per heavy atom. The number of rotatable bonds is 6. The van der Waals surface area contributed by atoms with Crippen molar-refractivity contribution in [3.05, 3.63) is 75.2 Å². The average Bonchev–Trinajstić information content (AvgIpc) is 3.10. The zero-order valence-electron chi connectivity index (χ0n) is 14.7. The maximum Gasteiger partial charge on any atom is 0.248 e. The molecule has 0 aliphatic heterocycles. The number of carbonyl (C=O) groups is 2. The Morgan fingerprint density at radius 1 is 1.19 bits per heavy atom. The maximum absolute atomic E-state index is 12.5. The first-order valence-electron chi connectivity index (χ1n) is 8.25. The third-order valence-corrected chi connectivity index (χ3v) is 5.45. The van der Waals surface area contributed by atoms with Crippen molar-refractivity contribution in [2.24, 2.45) is 5.73 Å². The molecule has 0 unspecified atom stereocenters. The summed E-state index contributed by atoms with van der Waals surface area (Å²) >= 11 is 4.98. The van der Waals surface area contributed by atoms with Crippen molar-refractivity contribution in [3.8, 4) is 10.6 Å². The molecule has 1 aromatic heterocycles. The largest absolute Gasteiger partial charge is 0.366 e. The number of thiazole rings is 1. The molecule has 0 fully saturated rings. The lowest BCUT2D eigenvalue weighted by Gasteiger charge is -2.17. The fraction of sp³-hybridized carbons (Fsp3) is 0.150. The van der Waals surface area contributed by atoms with Crippen molar-refractivity contribution in [2.75, 3.05) is 7.05 Å². The summed E-state index contributed by atoms with van der Waals surface area (Å²) in [4.78, 5) is 30.0. The number of carbonyl (C=O) groups excluding carboxylic acids is 2. The van der Waals surface area contributed by atoms with Crippen LogP contribution in [-0.4, -0.2) is 28.7 Å². The van der Waals surface area contributed by atoms with Gasteiger partial charge in [-0.3, -0.25) is 9.59 Å². The van der Waals surface area contributed by atoms with E-state index < -0.39 is 5.91 Å². The lowest BCUT2D eigenvalue weighted by Crippen LogP contribution is -2.28. The number of hydrogen-bond acceptors (Lipinski definition) is 4. The molecular formula is C20H18BrN3O2S. The number of primary amides is 1. The van der Waals surface area contributed by atoms with Gasteiger partial charge in [-0.2, -0.15) is 0 Å². The molecule has 1 heterocycles. The van der Waals surface area contributed by atoms with Gasteiger partial charge >= 0.3 is 0 Å². The van der Waals surface area contributed by atoms with Crippen molar-refractivity contribution in [2.45, 2.75) is 13.0 Å². The fourth-order valence-corrected chi connectivity index (χ4v) is 3.83. The first-order chi connectivity index (χ1) is 12.9. The van der Waals surface area contributed by atoms with Gasteiger partial charge in [0.25, 0.3) is 0 Å². The minimum absolute atomic E-state index is 0.0365. The molecule has 5 nitrogen and oxygen atoms in total. The van der Waals surface area contributed by atoms with Gasteiger partial charge in [0.05, 0.1) is 12.1 Å². The summed E-state index contributed by atoms with van der Waals surface area (Å²) in [5.74, 6) is -0.515. The molecule has 0 atom stereocenters. The van der Waals surface area contributed by atoms with Crippen molar-refractivity contribution in [1.82, 2.24) is 9.88 Å². The van der Waals surface area contributed by atoms with Crippen LogP contribution in [0.25, 0.3) is 10.6 Å². The smallest absolute Gasteiger partial charge is 0.248 e. The second-order valence-electron chi connectivity index (χ2n) is 6.15. The number of aromatic nitrogens is 1. The number of benzene rings is 2. The lowest BCUT2D eigenvalue weighted by molar-refractivity contribution is -0.129. The Kier molecular flexibility index (Phi) is 6.03. The first-order valence-corrected chi connectivity index (χ1v) is 9.92. The molecule has 0 spiro atoms. The van der Waals surface area contributed by atoms with Gasteiger partial charge in [-0.05, 0) is 29.8 Å². The van der Waals surface area contributed by atoms with Crippen LogP contribution in [0.4, 0.5) is 0 Å². The van der Waals surface area contributed by atoms with Crippen LogP contribution < -0.4 is 5.73 Å². The highest BCUT2D eigenvalue weighted by Gasteiger charge is 2.14. The zero-order valence-corrected chi connectivity index (χ0v) is 17.1. The minimum Gasteiger partial charge on any atom is -0.366 e. The van der Waals surface area contributed by atoms with E-state index in [-0.39, 0.29) is 12.3 Å². The summed E-state index contributed by atoms with van der Waals surface area (Å²) in [5.41, 5.74) is 8.36. The minimum atomic E-state index is -0.478. The van der Waals surface area contributed by atoms with Crippen LogP contribution in [0.5, 0.6) is 0 Å². The standard InChI is InChI=1S/C20H18BrN3O2S/c1-24(11-13-4-2-5-14(8-13)19(22)26)18(25)10-17-12-27-20(23-17)15-6-3-7-16(21)9-15/h2-9,12H,10-11H2,1H3,(H2,22,26). The molecule has 3 rings (SSSR count). The van der Waals surface area contributed by atoms with Gasteiger partial charge < -0.3 is 10.6 Å². The van der Waals surface area contributed by atoms with E-state index in [2.05, 4.69) is 20.9 Å². The lowest BCUT2D eigenvalue weighted by atomic mass is 10.1. The monoisotopic (exact) mass is 443 g/mol. The Morgan fingerprint density at radius 2 is 1.96 bits per heavy atom. The van der Waals surface area contributed by atoms with Gasteiger partial charge in [-0.1, -0.05) is 40.2 Å². The maximum atomic E-state index is 12.5. The summed E-state index contributed by atoms with van der Waals surface area (Å²) in [6.07, 6.45) is 0.233. The third-order valence-electron chi connectivity index (χ3n) is 4.01. The van der Waals surface area contributed by atoms with Gasteiger partial charge in [0.15, 0.2) is 0 Å². The quantitative estimate of drug-likeness (QED) is 0.627. The number of hydrogen-bond donors (Lipinski definition) is 1. The highest BCUT2D eigenvalue weighted by Crippen LogP contribution is 2.26. The third kappa shape index (κ3) is 5.02. The molecule has 138 valence electrons. The SMILES string of the molecule is CN(Cc1cccc(C(N)=O)c1)C(=O)Cc1csc(-c2cccc(Br)c2)n1. The van der Waals surface area contributed by atoms with Crippen molar-refractivity contribution >= 4 is 39.1 Å².